The molecule has 7 heteroatoms. The molecule has 0 radical (unpaired) electrons. The maximum atomic E-state index is 13.0. The minimum Gasteiger partial charge on any atom is -0.464 e. The summed E-state index contributed by atoms with van der Waals surface area (Å²) in [5.41, 5.74) is -1.55. The minimum absolute atomic E-state index is 0.245. The average Bonchev–Trinajstić information content (AvgIpc) is 2.71. The summed E-state index contributed by atoms with van der Waals surface area (Å²) < 4.78 is 44.2. The van der Waals surface area contributed by atoms with Crippen LogP contribution in [-0.4, -0.2) is 24.5 Å². The van der Waals surface area contributed by atoms with Crippen LogP contribution in [0, 0.1) is 0 Å². The highest BCUT2D eigenvalue weighted by Crippen LogP contribution is 2.31. The number of unbranched alkanes of at least 4 members (excludes halogenated alkanes) is 9. The number of alkyl halides is 3. The summed E-state index contributed by atoms with van der Waals surface area (Å²) in [5.74, 6) is -1.60. The quantitative estimate of drug-likeness (QED) is 0.279. The molecular weight excluding hydrogens is 395 g/mol. The molecular formula is C23H34F3NO3. The van der Waals surface area contributed by atoms with Crippen molar-refractivity contribution in [3.63, 3.8) is 0 Å². The summed E-state index contributed by atoms with van der Waals surface area (Å²) >= 11 is 0. The zero-order valence-electron chi connectivity index (χ0n) is 18.0. The van der Waals surface area contributed by atoms with Gasteiger partial charge in [-0.1, -0.05) is 76.8 Å². The van der Waals surface area contributed by atoms with Crippen LogP contribution in [0.3, 0.4) is 0 Å². The van der Waals surface area contributed by atoms with Crippen molar-refractivity contribution in [1.29, 1.82) is 0 Å². The summed E-state index contributed by atoms with van der Waals surface area (Å²) in [7, 11) is 0. The summed E-state index contributed by atoms with van der Waals surface area (Å²) in [6.07, 6.45) is 6.97. The molecule has 0 fully saturated rings. The van der Waals surface area contributed by atoms with Crippen LogP contribution in [-0.2, 0) is 15.7 Å². The van der Waals surface area contributed by atoms with Gasteiger partial charge in [0.2, 0.25) is 0 Å². The number of ether oxygens (including phenoxy) is 1. The van der Waals surface area contributed by atoms with E-state index in [-0.39, 0.29) is 6.61 Å². The predicted molar refractivity (Wildman–Crippen MR) is 111 cm³/mol. The topological polar surface area (TPSA) is 55.4 Å². The standard InChI is InChI=1S/C23H34F3NO3/c1-3-4-5-6-7-8-9-10-11-14-17-30-22(29)18(2)27-21(28)19-15-12-13-16-20(19)23(24,25)26/h12-13,15-16,18H,3-11,14,17H2,1-2H3,(H,27,28)/t18-/m0/s1. The third kappa shape index (κ3) is 10.1. The maximum Gasteiger partial charge on any atom is 0.417 e. The molecule has 1 N–H and O–H groups in total. The number of halogens is 3. The van der Waals surface area contributed by atoms with E-state index in [2.05, 4.69) is 12.2 Å². The highest BCUT2D eigenvalue weighted by atomic mass is 19.4. The molecule has 0 saturated carbocycles. The van der Waals surface area contributed by atoms with Crippen molar-refractivity contribution in [2.24, 2.45) is 0 Å². The van der Waals surface area contributed by atoms with Gasteiger partial charge in [-0.2, -0.15) is 13.2 Å². The number of hydrogen-bond acceptors (Lipinski definition) is 3. The van der Waals surface area contributed by atoms with Crippen LogP contribution in [0.4, 0.5) is 13.2 Å². The fourth-order valence-corrected chi connectivity index (χ4v) is 3.15. The van der Waals surface area contributed by atoms with E-state index in [0.29, 0.717) is 0 Å². The number of amides is 1. The average molecular weight is 430 g/mol. The Balaban J connectivity index is 2.24. The van der Waals surface area contributed by atoms with Crippen LogP contribution in [0.5, 0.6) is 0 Å². The third-order valence-electron chi connectivity index (χ3n) is 4.92. The summed E-state index contributed by atoms with van der Waals surface area (Å²) in [4.78, 5) is 24.2. The van der Waals surface area contributed by atoms with Crippen molar-refractivity contribution < 1.29 is 27.5 Å². The van der Waals surface area contributed by atoms with E-state index in [1.54, 1.807) is 0 Å². The normalized spacial score (nSPS) is 12.4. The van der Waals surface area contributed by atoms with Gasteiger partial charge in [-0.25, -0.2) is 4.79 Å². The maximum absolute atomic E-state index is 13.0. The van der Waals surface area contributed by atoms with E-state index < -0.39 is 35.2 Å². The fourth-order valence-electron chi connectivity index (χ4n) is 3.15. The molecule has 1 rings (SSSR count). The van der Waals surface area contributed by atoms with Crippen LogP contribution >= 0.6 is 0 Å². The first kappa shape index (κ1) is 26.0. The fraction of sp³-hybridized carbons (Fsp3) is 0.652. The molecule has 0 aliphatic rings. The lowest BCUT2D eigenvalue weighted by Gasteiger charge is -2.16. The monoisotopic (exact) mass is 429 g/mol. The van der Waals surface area contributed by atoms with Gasteiger partial charge in [-0.3, -0.25) is 4.79 Å². The molecule has 1 atom stereocenters. The lowest BCUT2D eigenvalue weighted by Crippen LogP contribution is -2.40. The summed E-state index contributed by atoms with van der Waals surface area (Å²) in [6.45, 7) is 3.85. The largest absolute Gasteiger partial charge is 0.464 e. The molecule has 1 amide bonds. The van der Waals surface area contributed by atoms with Gasteiger partial charge in [0, 0.05) is 0 Å². The van der Waals surface area contributed by atoms with Crippen molar-refractivity contribution in [2.45, 2.75) is 90.3 Å². The van der Waals surface area contributed by atoms with Gasteiger partial charge in [0.05, 0.1) is 17.7 Å². The number of rotatable bonds is 14. The smallest absolute Gasteiger partial charge is 0.417 e. The van der Waals surface area contributed by atoms with E-state index in [4.69, 9.17) is 4.74 Å². The van der Waals surface area contributed by atoms with Gasteiger partial charge in [0.15, 0.2) is 0 Å². The molecule has 1 aromatic carbocycles. The van der Waals surface area contributed by atoms with Gasteiger partial charge < -0.3 is 10.1 Å². The van der Waals surface area contributed by atoms with E-state index >= 15 is 0 Å². The number of hydrogen-bond donors (Lipinski definition) is 1. The number of benzene rings is 1. The van der Waals surface area contributed by atoms with Crippen molar-refractivity contribution in [3.05, 3.63) is 35.4 Å². The lowest BCUT2D eigenvalue weighted by atomic mass is 10.1. The van der Waals surface area contributed by atoms with Crippen LogP contribution < -0.4 is 5.32 Å². The van der Waals surface area contributed by atoms with Crippen LogP contribution in [0.15, 0.2) is 24.3 Å². The van der Waals surface area contributed by atoms with Crippen LogP contribution in [0.1, 0.15) is 94.0 Å². The zero-order valence-corrected chi connectivity index (χ0v) is 18.0. The molecule has 30 heavy (non-hydrogen) atoms. The zero-order chi connectivity index (χ0) is 22.4. The molecule has 4 nitrogen and oxygen atoms in total. The molecule has 170 valence electrons. The molecule has 0 saturated heterocycles. The second-order valence-electron chi connectivity index (χ2n) is 7.59. The molecule has 0 spiro atoms. The third-order valence-corrected chi connectivity index (χ3v) is 4.92. The molecule has 0 unspecified atom stereocenters. The Morgan fingerprint density at radius 2 is 1.47 bits per heavy atom. The molecule has 0 aliphatic heterocycles. The Labute approximate surface area is 177 Å². The van der Waals surface area contributed by atoms with Crippen molar-refractivity contribution in [2.75, 3.05) is 6.61 Å². The van der Waals surface area contributed by atoms with E-state index in [0.717, 1.165) is 31.4 Å². The van der Waals surface area contributed by atoms with Crippen molar-refractivity contribution >= 4 is 11.9 Å². The van der Waals surface area contributed by atoms with Gasteiger partial charge >= 0.3 is 12.1 Å². The predicted octanol–water partition coefficient (Wildman–Crippen LogP) is 6.29. The highest BCUT2D eigenvalue weighted by Gasteiger charge is 2.35. The second-order valence-corrected chi connectivity index (χ2v) is 7.59. The minimum atomic E-state index is -4.65. The number of carbonyl (C=O) groups is 2. The molecule has 0 aromatic heterocycles. The van der Waals surface area contributed by atoms with E-state index in [1.165, 1.54) is 64.0 Å². The Kier molecular flexibility index (Phi) is 12.2. The molecule has 0 bridgehead atoms. The Morgan fingerprint density at radius 1 is 0.933 bits per heavy atom. The number of esters is 1. The van der Waals surface area contributed by atoms with Crippen LogP contribution in [0.25, 0.3) is 0 Å². The number of carbonyl (C=O) groups excluding carboxylic acids is 2. The SMILES string of the molecule is CCCCCCCCCCCCOC(=O)[C@H](C)NC(=O)c1ccccc1C(F)(F)F. The van der Waals surface area contributed by atoms with Gasteiger partial charge in [-0.05, 0) is 25.5 Å². The van der Waals surface area contributed by atoms with Crippen molar-refractivity contribution in [1.82, 2.24) is 5.32 Å². The summed E-state index contributed by atoms with van der Waals surface area (Å²) in [6, 6.07) is 3.45. The van der Waals surface area contributed by atoms with E-state index in [9.17, 15) is 22.8 Å². The van der Waals surface area contributed by atoms with E-state index in [1.807, 2.05) is 0 Å². The molecule has 1 aromatic rings. The first-order chi connectivity index (χ1) is 14.3. The van der Waals surface area contributed by atoms with Gasteiger partial charge in [0.25, 0.3) is 5.91 Å². The lowest BCUT2D eigenvalue weighted by molar-refractivity contribution is -0.145. The highest BCUT2D eigenvalue weighted by molar-refractivity contribution is 5.98. The second kappa shape index (κ2) is 14.0. The number of nitrogens with one attached hydrogen (secondary N) is 1. The molecule has 0 aliphatic carbocycles. The van der Waals surface area contributed by atoms with Gasteiger partial charge in [-0.15, -0.1) is 0 Å². The summed E-state index contributed by atoms with van der Waals surface area (Å²) in [5, 5.41) is 2.28. The Bertz CT molecular complexity index is 647. The molecule has 0 heterocycles. The Morgan fingerprint density at radius 3 is 2.03 bits per heavy atom. The van der Waals surface area contributed by atoms with Crippen molar-refractivity contribution in [3.8, 4) is 0 Å². The van der Waals surface area contributed by atoms with Crippen LogP contribution in [0.2, 0.25) is 0 Å². The first-order valence-electron chi connectivity index (χ1n) is 10.9. The first-order valence-corrected chi connectivity index (χ1v) is 10.9. The Hall–Kier alpha value is -2.05. The van der Waals surface area contributed by atoms with Gasteiger partial charge in [0.1, 0.15) is 6.04 Å².